The van der Waals surface area contributed by atoms with Crippen LogP contribution in [0.2, 0.25) is 5.02 Å². The predicted molar refractivity (Wildman–Crippen MR) is 162 cm³/mol. The molecule has 5 aromatic rings. The van der Waals surface area contributed by atoms with E-state index in [2.05, 4.69) is 10.3 Å². The monoisotopic (exact) mass is 578 g/mol. The molecule has 4 aromatic heterocycles. The van der Waals surface area contributed by atoms with Gasteiger partial charge in [0, 0.05) is 62.0 Å². The van der Waals surface area contributed by atoms with Gasteiger partial charge in [-0.2, -0.15) is 5.10 Å². The molecule has 2 N–H and O–H groups in total. The second kappa shape index (κ2) is 11.1. The van der Waals surface area contributed by atoms with Crippen LogP contribution >= 0.6 is 11.6 Å². The fourth-order valence-corrected chi connectivity index (χ4v) is 5.30. The van der Waals surface area contributed by atoms with Crippen molar-refractivity contribution in [2.75, 3.05) is 27.2 Å². The van der Waals surface area contributed by atoms with E-state index in [1.807, 2.05) is 68.9 Å². The van der Waals surface area contributed by atoms with Gasteiger partial charge < -0.3 is 19.8 Å². The minimum absolute atomic E-state index is 0.144. The van der Waals surface area contributed by atoms with Gasteiger partial charge in [-0.15, -0.1) is 0 Å². The van der Waals surface area contributed by atoms with E-state index in [1.54, 1.807) is 21.5 Å². The van der Waals surface area contributed by atoms with Crippen LogP contribution in [0.5, 0.6) is 0 Å². The highest BCUT2D eigenvalue weighted by atomic mass is 35.5. The van der Waals surface area contributed by atoms with Gasteiger partial charge in [-0.25, -0.2) is 4.79 Å². The molecule has 0 unspecified atom stereocenters. The average molecular weight is 579 g/mol. The lowest BCUT2D eigenvalue weighted by molar-refractivity contribution is 0.0951. The lowest BCUT2D eigenvalue weighted by atomic mass is 10.1. The number of aryl methyl sites for hydroxylation is 1. The molecule has 0 atom stereocenters. The molecule has 12 heteroatoms. The van der Waals surface area contributed by atoms with Crippen LogP contribution in [0.4, 0.5) is 0 Å². The zero-order valence-electron chi connectivity index (χ0n) is 24.2. The molecule has 41 heavy (non-hydrogen) atoms. The molecule has 0 aliphatic heterocycles. The number of nitrogens with one attached hydrogen (secondary N) is 2. The first kappa shape index (κ1) is 28.4. The van der Waals surface area contributed by atoms with Crippen LogP contribution in [0.25, 0.3) is 33.3 Å². The number of hydrogen-bond acceptors (Lipinski definition) is 5. The first-order valence-electron chi connectivity index (χ1n) is 13.5. The summed E-state index contributed by atoms with van der Waals surface area (Å²) in [4.78, 5) is 45.2. The second-order valence-corrected chi connectivity index (χ2v) is 11.6. The summed E-state index contributed by atoms with van der Waals surface area (Å²) < 4.78 is 6.25. The van der Waals surface area contributed by atoms with Crippen molar-refractivity contribution >= 4 is 39.4 Å². The topological polar surface area (TPSA) is 115 Å². The molecule has 4 heterocycles. The first-order chi connectivity index (χ1) is 19.5. The van der Waals surface area contributed by atoms with E-state index in [1.165, 1.54) is 7.05 Å². The van der Waals surface area contributed by atoms with Crippen molar-refractivity contribution in [2.45, 2.75) is 26.9 Å². The normalized spacial score (nSPS) is 11.9. The smallest absolute Gasteiger partial charge is 0.332 e. The third-order valence-corrected chi connectivity index (χ3v) is 7.41. The van der Waals surface area contributed by atoms with E-state index in [0.29, 0.717) is 59.2 Å². The maximum Gasteiger partial charge on any atom is 0.332 e. The highest BCUT2D eigenvalue weighted by Crippen LogP contribution is 2.30. The summed E-state index contributed by atoms with van der Waals surface area (Å²) in [5, 5.41) is 9.68. The summed E-state index contributed by atoms with van der Waals surface area (Å²) in [7, 11) is 7.20. The van der Waals surface area contributed by atoms with Crippen molar-refractivity contribution < 1.29 is 4.79 Å². The van der Waals surface area contributed by atoms with E-state index in [4.69, 9.17) is 16.7 Å². The largest absolute Gasteiger partial charge is 0.361 e. The summed E-state index contributed by atoms with van der Waals surface area (Å²) in [6, 6.07) is 7.39. The molecule has 0 bridgehead atoms. The predicted octanol–water partition coefficient (Wildman–Crippen LogP) is 3.03. The quantitative estimate of drug-likeness (QED) is 0.279. The minimum atomic E-state index is -0.439. The number of rotatable bonds is 9. The molecule has 216 valence electrons. The van der Waals surface area contributed by atoms with Gasteiger partial charge in [0.25, 0.3) is 11.5 Å². The van der Waals surface area contributed by atoms with E-state index in [0.717, 1.165) is 21.0 Å². The number of aromatic nitrogens is 6. The van der Waals surface area contributed by atoms with Crippen molar-refractivity contribution in [2.24, 2.45) is 20.0 Å². The summed E-state index contributed by atoms with van der Waals surface area (Å²) in [5.74, 6) is -0.0646. The van der Waals surface area contributed by atoms with Gasteiger partial charge in [-0.1, -0.05) is 25.4 Å². The molecule has 0 aliphatic carbocycles. The van der Waals surface area contributed by atoms with Crippen molar-refractivity contribution in [1.82, 2.24) is 38.7 Å². The third-order valence-electron chi connectivity index (χ3n) is 7.18. The Morgan fingerprint density at radius 2 is 1.93 bits per heavy atom. The van der Waals surface area contributed by atoms with Crippen LogP contribution in [-0.2, 0) is 27.2 Å². The zero-order chi connectivity index (χ0) is 29.6. The van der Waals surface area contributed by atoms with Crippen molar-refractivity contribution in [3.63, 3.8) is 0 Å². The Morgan fingerprint density at radius 3 is 2.63 bits per heavy atom. The first-order valence-corrected chi connectivity index (χ1v) is 13.9. The van der Waals surface area contributed by atoms with E-state index < -0.39 is 11.2 Å². The van der Waals surface area contributed by atoms with E-state index in [9.17, 15) is 14.4 Å². The standard InChI is InChI=1S/C29H35ClN8O3/c1-17(2)14-37-26-24(28(40)36(6)29(37)41)25(23-11-18(15-35(23)5)27(39)31-9-10-34(3)4)38(33-26)16-19-13-32-22-8-7-20(30)12-21(19)22/h7-8,11-13,15,17,32H,9-10,14,16H2,1-6H3,(H,31,39). The Bertz CT molecular complexity index is 1890. The van der Waals surface area contributed by atoms with Crippen LogP contribution in [0, 0.1) is 5.92 Å². The Labute approximate surface area is 241 Å². The lowest BCUT2D eigenvalue weighted by Gasteiger charge is -2.11. The summed E-state index contributed by atoms with van der Waals surface area (Å²) in [6.07, 6.45) is 3.63. The van der Waals surface area contributed by atoms with Gasteiger partial charge in [0.2, 0.25) is 0 Å². The van der Waals surface area contributed by atoms with Gasteiger partial charge in [-0.05, 0) is 49.8 Å². The molecule has 0 radical (unpaired) electrons. The number of nitrogens with zero attached hydrogens (tertiary/aromatic N) is 6. The van der Waals surface area contributed by atoms with E-state index >= 15 is 0 Å². The van der Waals surface area contributed by atoms with Crippen LogP contribution < -0.4 is 16.6 Å². The molecule has 0 saturated carbocycles. The molecule has 5 rings (SSSR count). The van der Waals surface area contributed by atoms with Crippen molar-refractivity contribution in [3.05, 3.63) is 73.6 Å². The van der Waals surface area contributed by atoms with Crippen LogP contribution in [-0.4, -0.2) is 66.5 Å². The zero-order valence-corrected chi connectivity index (χ0v) is 24.9. The number of carbonyl (C=O) groups is 1. The number of hydrogen-bond donors (Lipinski definition) is 2. The van der Waals surface area contributed by atoms with Gasteiger partial charge in [0.15, 0.2) is 5.65 Å². The minimum Gasteiger partial charge on any atom is -0.361 e. The summed E-state index contributed by atoms with van der Waals surface area (Å²) in [5.41, 5.74) is 2.93. The highest BCUT2D eigenvalue weighted by Gasteiger charge is 2.26. The number of halogens is 1. The Hall–Kier alpha value is -4.09. The third kappa shape index (κ3) is 5.34. The number of carbonyl (C=O) groups excluding carboxylic acids is 1. The molecule has 0 fully saturated rings. The number of benzene rings is 1. The van der Waals surface area contributed by atoms with Gasteiger partial charge in [0.05, 0.1) is 17.8 Å². The maximum absolute atomic E-state index is 13.7. The maximum atomic E-state index is 13.7. The Balaban J connectivity index is 1.73. The van der Waals surface area contributed by atoms with Crippen molar-refractivity contribution in [1.29, 1.82) is 0 Å². The number of likely N-dealkylation sites (N-methyl/N-ethyl adjacent to an activating group) is 1. The van der Waals surface area contributed by atoms with Crippen molar-refractivity contribution in [3.8, 4) is 11.4 Å². The molecule has 0 aliphatic rings. The number of H-pyrrole nitrogens is 1. The lowest BCUT2D eigenvalue weighted by Crippen LogP contribution is -2.38. The van der Waals surface area contributed by atoms with Gasteiger partial charge >= 0.3 is 5.69 Å². The highest BCUT2D eigenvalue weighted by molar-refractivity contribution is 6.31. The Kier molecular flexibility index (Phi) is 7.67. The molecule has 11 nitrogen and oxygen atoms in total. The van der Waals surface area contributed by atoms with Crippen LogP contribution in [0.15, 0.2) is 46.2 Å². The summed E-state index contributed by atoms with van der Waals surface area (Å²) in [6.45, 7) is 5.93. The van der Waals surface area contributed by atoms with Crippen LogP contribution in [0.3, 0.4) is 0 Å². The molecule has 0 spiro atoms. The summed E-state index contributed by atoms with van der Waals surface area (Å²) >= 11 is 6.31. The fraction of sp³-hybridized carbons (Fsp3) is 0.379. The van der Waals surface area contributed by atoms with Gasteiger partial charge in [0.1, 0.15) is 11.1 Å². The molecule has 1 aromatic carbocycles. The number of amides is 1. The number of aromatic amines is 1. The molecular formula is C29H35ClN8O3. The Morgan fingerprint density at radius 1 is 1.17 bits per heavy atom. The SMILES string of the molecule is CC(C)Cn1c(=O)n(C)c(=O)c2c(-c3cc(C(=O)NCCN(C)C)cn3C)n(Cc3c[nH]c4ccc(Cl)cc34)nc21. The molecular weight excluding hydrogens is 544 g/mol. The average Bonchev–Trinajstić information content (AvgIpc) is 3.60. The van der Waals surface area contributed by atoms with E-state index in [-0.39, 0.29) is 11.8 Å². The second-order valence-electron chi connectivity index (χ2n) is 11.1. The fourth-order valence-electron chi connectivity index (χ4n) is 5.13. The molecule has 0 saturated heterocycles. The van der Waals surface area contributed by atoms with Crippen LogP contribution in [0.1, 0.15) is 29.8 Å². The van der Waals surface area contributed by atoms with Gasteiger partial charge in [-0.3, -0.25) is 23.4 Å². The molecule has 1 amide bonds. The number of fused-ring (bicyclic) bond motifs is 2.